The Morgan fingerprint density at radius 3 is 2.73 bits per heavy atom. The van der Waals surface area contributed by atoms with Crippen LogP contribution in [-0.4, -0.2) is 68.4 Å². The van der Waals surface area contributed by atoms with Gasteiger partial charge in [0.2, 0.25) is 11.8 Å². The molecule has 162 valence electrons. The van der Waals surface area contributed by atoms with Crippen molar-refractivity contribution in [2.24, 2.45) is 11.8 Å². The number of alkyl halides is 1. The standard InChI is InChI=1S/C20H22BrClN2O5S/c1-2-29-19(28)13-14-18(27)24(7-8-25)16(20(14)9-12(21)15(13)30-20)17(26)23-11-5-3-10(22)4-6-11/h3-6,12-16,25H,2,7-9H2,1H3,(H,23,26)/t12?,13-,14-,15-,16?,20?/m0/s1. The molecule has 1 aromatic rings. The summed E-state index contributed by atoms with van der Waals surface area (Å²) in [4.78, 5) is 40.9. The molecule has 1 aromatic carbocycles. The molecule has 3 unspecified atom stereocenters. The highest BCUT2D eigenvalue weighted by molar-refractivity contribution is 9.09. The summed E-state index contributed by atoms with van der Waals surface area (Å²) in [6.45, 7) is 1.73. The number of aliphatic hydroxyl groups excluding tert-OH is 1. The second kappa shape index (κ2) is 8.33. The van der Waals surface area contributed by atoms with E-state index in [4.69, 9.17) is 16.3 Å². The summed E-state index contributed by atoms with van der Waals surface area (Å²) >= 11 is 11.1. The Bertz CT molecular complexity index is 871. The number of carbonyl (C=O) groups is 3. The molecule has 10 heteroatoms. The van der Waals surface area contributed by atoms with Gasteiger partial charge in [0.15, 0.2) is 0 Å². The third-order valence-electron chi connectivity index (χ3n) is 6.05. The number of halogens is 2. The molecule has 2 bridgehead atoms. The number of thioether (sulfide) groups is 1. The predicted molar refractivity (Wildman–Crippen MR) is 118 cm³/mol. The first-order valence-corrected chi connectivity index (χ1v) is 12.0. The van der Waals surface area contributed by atoms with Gasteiger partial charge in [-0.05, 0) is 37.6 Å². The van der Waals surface area contributed by atoms with Crippen LogP contribution in [0.4, 0.5) is 5.69 Å². The van der Waals surface area contributed by atoms with E-state index in [2.05, 4.69) is 21.2 Å². The largest absolute Gasteiger partial charge is 0.466 e. The van der Waals surface area contributed by atoms with Gasteiger partial charge in [-0.1, -0.05) is 27.5 Å². The zero-order valence-corrected chi connectivity index (χ0v) is 19.4. The minimum Gasteiger partial charge on any atom is -0.466 e. The number of fused-ring (bicyclic) bond motifs is 1. The van der Waals surface area contributed by atoms with Gasteiger partial charge in [0.1, 0.15) is 6.04 Å². The zero-order chi connectivity index (χ0) is 21.6. The number of rotatable bonds is 6. The lowest BCUT2D eigenvalue weighted by atomic mass is 9.71. The quantitative estimate of drug-likeness (QED) is 0.444. The molecular formula is C20H22BrClN2O5S. The molecule has 2 amide bonds. The number of likely N-dealkylation sites (tertiary alicyclic amines) is 1. The average Bonchev–Trinajstić information content (AvgIpc) is 3.28. The molecule has 7 nitrogen and oxygen atoms in total. The van der Waals surface area contributed by atoms with Crippen LogP contribution in [0.3, 0.4) is 0 Å². The van der Waals surface area contributed by atoms with Crippen molar-refractivity contribution < 1.29 is 24.2 Å². The highest BCUT2D eigenvalue weighted by Crippen LogP contribution is 2.67. The lowest BCUT2D eigenvalue weighted by Crippen LogP contribution is -2.52. The molecule has 0 aromatic heterocycles. The van der Waals surface area contributed by atoms with Crippen molar-refractivity contribution in [2.75, 3.05) is 25.1 Å². The number of hydrogen-bond acceptors (Lipinski definition) is 6. The molecule has 6 atom stereocenters. The summed E-state index contributed by atoms with van der Waals surface area (Å²) in [6.07, 6.45) is 0.579. The molecule has 0 radical (unpaired) electrons. The van der Waals surface area contributed by atoms with E-state index in [1.807, 2.05) is 0 Å². The van der Waals surface area contributed by atoms with Gasteiger partial charge >= 0.3 is 5.97 Å². The maximum atomic E-state index is 13.4. The van der Waals surface area contributed by atoms with E-state index < -0.39 is 28.6 Å². The fourth-order valence-corrected chi connectivity index (χ4v) is 8.76. The minimum atomic E-state index is -0.799. The predicted octanol–water partition coefficient (Wildman–Crippen LogP) is 2.30. The normalized spacial score (nSPS) is 34.2. The number of carbonyl (C=O) groups excluding carboxylic acids is 3. The molecule has 0 aliphatic carbocycles. The van der Waals surface area contributed by atoms with E-state index in [1.165, 1.54) is 16.7 Å². The number of anilines is 1. The molecule has 3 saturated heterocycles. The van der Waals surface area contributed by atoms with Crippen LogP contribution in [0, 0.1) is 11.8 Å². The lowest BCUT2D eigenvalue weighted by molar-refractivity contribution is -0.153. The van der Waals surface area contributed by atoms with Crippen LogP contribution in [-0.2, 0) is 19.1 Å². The fraction of sp³-hybridized carbons (Fsp3) is 0.550. The van der Waals surface area contributed by atoms with Crippen LogP contribution >= 0.6 is 39.3 Å². The Hall–Kier alpha value is -1.29. The summed E-state index contributed by atoms with van der Waals surface area (Å²) in [5.74, 6) is -2.27. The van der Waals surface area contributed by atoms with Gasteiger partial charge in [-0.2, -0.15) is 0 Å². The number of nitrogens with zero attached hydrogens (tertiary/aromatic N) is 1. The first-order chi connectivity index (χ1) is 14.3. The number of β-amino-alcohol motifs (C(OH)–C–C–N with tert-alkyl or cyclic N) is 1. The van der Waals surface area contributed by atoms with Gasteiger partial charge in [-0.15, -0.1) is 11.8 Å². The zero-order valence-electron chi connectivity index (χ0n) is 16.2. The van der Waals surface area contributed by atoms with Gasteiger partial charge in [0, 0.05) is 27.3 Å². The molecule has 3 aliphatic rings. The van der Waals surface area contributed by atoms with Crippen molar-refractivity contribution in [1.29, 1.82) is 0 Å². The van der Waals surface area contributed by atoms with Crippen LogP contribution in [0.5, 0.6) is 0 Å². The molecule has 0 saturated carbocycles. The monoisotopic (exact) mass is 516 g/mol. The first kappa shape index (κ1) is 21.9. The molecule has 3 heterocycles. The molecule has 2 N–H and O–H groups in total. The molecule has 3 fully saturated rings. The van der Waals surface area contributed by atoms with Gasteiger partial charge in [0.25, 0.3) is 0 Å². The molecular weight excluding hydrogens is 496 g/mol. The van der Waals surface area contributed by atoms with Crippen molar-refractivity contribution >= 4 is 62.8 Å². The van der Waals surface area contributed by atoms with Crippen molar-refractivity contribution in [3.8, 4) is 0 Å². The number of nitrogens with one attached hydrogen (secondary N) is 1. The van der Waals surface area contributed by atoms with E-state index in [1.54, 1.807) is 31.2 Å². The van der Waals surface area contributed by atoms with Crippen molar-refractivity contribution in [2.45, 2.75) is 34.2 Å². The SMILES string of the molecule is CCOC(=O)[C@H]1[C@H]2C(=O)N(CCO)C(C(=O)Nc3ccc(Cl)cc3)C23CC(Br)[C@@H]1S3. The Labute approximate surface area is 192 Å². The van der Waals surface area contributed by atoms with E-state index in [9.17, 15) is 19.5 Å². The Kier molecular flexibility index (Phi) is 6.09. The second-order valence-corrected chi connectivity index (χ2v) is 10.8. The number of ether oxygens (including phenoxy) is 1. The number of benzene rings is 1. The minimum absolute atomic E-state index is 0.0131. The maximum absolute atomic E-state index is 13.4. The van der Waals surface area contributed by atoms with Gasteiger partial charge in [-0.25, -0.2) is 0 Å². The second-order valence-electron chi connectivity index (χ2n) is 7.67. The van der Waals surface area contributed by atoms with Gasteiger partial charge in [-0.3, -0.25) is 14.4 Å². The average molecular weight is 518 g/mol. The Morgan fingerprint density at radius 2 is 2.10 bits per heavy atom. The van der Waals surface area contributed by atoms with Crippen LogP contribution in [0.25, 0.3) is 0 Å². The summed E-state index contributed by atoms with van der Waals surface area (Å²) in [5, 5.41) is 12.8. The topological polar surface area (TPSA) is 95.9 Å². The molecule has 4 rings (SSSR count). The van der Waals surface area contributed by atoms with E-state index in [0.717, 1.165) is 0 Å². The van der Waals surface area contributed by atoms with Gasteiger partial charge < -0.3 is 20.1 Å². The van der Waals surface area contributed by atoms with Crippen LogP contribution in [0.15, 0.2) is 24.3 Å². The summed E-state index contributed by atoms with van der Waals surface area (Å²) < 4.78 is 4.52. The first-order valence-electron chi connectivity index (χ1n) is 9.80. The van der Waals surface area contributed by atoms with E-state index >= 15 is 0 Å². The van der Waals surface area contributed by atoms with E-state index in [0.29, 0.717) is 17.1 Å². The number of hydrogen-bond donors (Lipinski definition) is 2. The molecule has 30 heavy (non-hydrogen) atoms. The summed E-state index contributed by atoms with van der Waals surface area (Å²) in [7, 11) is 0. The number of amides is 2. The highest BCUT2D eigenvalue weighted by atomic mass is 79.9. The maximum Gasteiger partial charge on any atom is 0.310 e. The van der Waals surface area contributed by atoms with Crippen molar-refractivity contribution in [3.63, 3.8) is 0 Å². The number of esters is 1. The van der Waals surface area contributed by atoms with Crippen molar-refractivity contribution in [1.82, 2.24) is 4.90 Å². The fourth-order valence-electron chi connectivity index (χ4n) is 5.03. The molecule has 1 spiro atoms. The van der Waals surface area contributed by atoms with Gasteiger partial charge in [0.05, 0.1) is 29.8 Å². The van der Waals surface area contributed by atoms with Crippen molar-refractivity contribution in [3.05, 3.63) is 29.3 Å². The highest BCUT2D eigenvalue weighted by Gasteiger charge is 2.75. The van der Waals surface area contributed by atoms with Crippen LogP contribution < -0.4 is 5.32 Å². The molecule has 3 aliphatic heterocycles. The summed E-state index contributed by atoms with van der Waals surface area (Å²) in [6, 6.07) is 5.93. The third-order valence-corrected chi connectivity index (χ3v) is 9.52. The van der Waals surface area contributed by atoms with Crippen LogP contribution in [0.1, 0.15) is 13.3 Å². The number of aliphatic hydroxyl groups is 1. The van der Waals surface area contributed by atoms with Crippen LogP contribution in [0.2, 0.25) is 5.02 Å². The summed E-state index contributed by atoms with van der Waals surface area (Å²) in [5.41, 5.74) is 0.565. The lowest BCUT2D eigenvalue weighted by Gasteiger charge is -2.35. The van der Waals surface area contributed by atoms with E-state index in [-0.39, 0.29) is 41.6 Å². The Morgan fingerprint density at radius 1 is 1.40 bits per heavy atom. The third kappa shape index (κ3) is 3.34. The smallest absolute Gasteiger partial charge is 0.310 e. The Balaban J connectivity index is 1.70.